The number of benzene rings is 8. The molecule has 0 spiro atoms. The van der Waals surface area contributed by atoms with Crippen LogP contribution in [0.2, 0.25) is 0 Å². The zero-order chi connectivity index (χ0) is 57.1. The summed E-state index contributed by atoms with van der Waals surface area (Å²) in [5.74, 6) is 0. The van der Waals surface area contributed by atoms with Crippen molar-refractivity contribution in [2.24, 2.45) is 0 Å². The van der Waals surface area contributed by atoms with Gasteiger partial charge in [0.1, 0.15) is 0 Å². The molecular formula is C76H82BN3S. The maximum atomic E-state index is 2.78. The van der Waals surface area contributed by atoms with Gasteiger partial charge in [0.25, 0.3) is 6.71 Å². The molecule has 3 heterocycles. The first-order chi connectivity index (χ1) is 38.2. The van der Waals surface area contributed by atoms with E-state index in [2.05, 4.69) is 283 Å². The topological polar surface area (TPSA) is 9.72 Å². The van der Waals surface area contributed by atoms with Crippen LogP contribution in [0.25, 0.3) is 21.2 Å². The molecule has 0 unspecified atom stereocenters. The van der Waals surface area contributed by atoms with E-state index < -0.39 is 0 Å². The van der Waals surface area contributed by atoms with E-state index in [0.717, 1.165) is 42.7 Å². The Labute approximate surface area is 489 Å². The van der Waals surface area contributed by atoms with Crippen LogP contribution in [-0.2, 0) is 32.5 Å². The van der Waals surface area contributed by atoms with Gasteiger partial charge in [-0.3, -0.25) is 0 Å². The molecule has 1 aromatic heterocycles. The summed E-state index contributed by atoms with van der Waals surface area (Å²) < 4.78 is 2.74. The summed E-state index contributed by atoms with van der Waals surface area (Å²) in [6.07, 6.45) is 4.57. The van der Waals surface area contributed by atoms with Gasteiger partial charge in [-0.25, -0.2) is 0 Å². The van der Waals surface area contributed by atoms with Crippen molar-refractivity contribution in [2.45, 2.75) is 169 Å². The summed E-state index contributed by atoms with van der Waals surface area (Å²) in [7, 11) is 0. The van der Waals surface area contributed by atoms with Crippen molar-refractivity contribution in [3.05, 3.63) is 202 Å². The third-order valence-electron chi connectivity index (χ3n) is 19.6. The zero-order valence-electron chi connectivity index (χ0n) is 51.2. The second-order valence-corrected chi connectivity index (χ2v) is 30.4. The van der Waals surface area contributed by atoms with E-state index in [1.807, 2.05) is 11.3 Å². The Morgan fingerprint density at radius 1 is 0.457 bits per heavy atom. The molecule has 0 amide bonds. The van der Waals surface area contributed by atoms with Crippen LogP contribution in [0.4, 0.5) is 51.2 Å². The lowest BCUT2D eigenvalue weighted by Crippen LogP contribution is -2.61. The van der Waals surface area contributed by atoms with Crippen LogP contribution >= 0.6 is 11.3 Å². The third-order valence-corrected chi connectivity index (χ3v) is 20.8. The number of thiophene rings is 1. The standard InChI is InChI=1S/C76H82BN3S/c1-47-22-29-52(30-23-47)78(53-31-24-48(2)25-32-53)55-41-65-68-66(42-55)80(63-45-60-58(73(9,10)36-38-75(60,13)14)43-56(63)49-20-18-17-19-21-49)64-46-61-59(74(11,12)37-39-76(61,15)16)44-62(64)77(68)70-69(57-40-51(72(6,7)8)28-35-67(57)81-70)79(65)54-33-26-50(27-34-54)71(3,4)5/h17-35,40-46H,36-39H2,1-16H3. The molecule has 9 aromatic rings. The highest BCUT2D eigenvalue weighted by Crippen LogP contribution is 2.57. The van der Waals surface area contributed by atoms with Gasteiger partial charge in [-0.15, -0.1) is 11.3 Å². The van der Waals surface area contributed by atoms with E-state index in [9.17, 15) is 0 Å². The van der Waals surface area contributed by atoms with Crippen LogP contribution < -0.4 is 30.4 Å². The third kappa shape index (κ3) is 8.72. The van der Waals surface area contributed by atoms with Crippen LogP contribution in [0.3, 0.4) is 0 Å². The number of anilines is 9. The lowest BCUT2D eigenvalue weighted by molar-refractivity contribution is 0.332. The molecule has 3 nitrogen and oxygen atoms in total. The van der Waals surface area contributed by atoms with Crippen molar-refractivity contribution in [1.82, 2.24) is 0 Å². The number of fused-ring (bicyclic) bond motifs is 8. The molecule has 0 saturated carbocycles. The molecule has 0 N–H and O–H groups in total. The zero-order valence-corrected chi connectivity index (χ0v) is 52.0. The molecule has 0 saturated heterocycles. The van der Waals surface area contributed by atoms with Crippen molar-refractivity contribution in [3.63, 3.8) is 0 Å². The number of aryl methyl sites for hydroxylation is 2. The monoisotopic (exact) mass is 1080 g/mol. The van der Waals surface area contributed by atoms with E-state index in [4.69, 9.17) is 0 Å². The van der Waals surface area contributed by atoms with E-state index in [-0.39, 0.29) is 39.2 Å². The van der Waals surface area contributed by atoms with E-state index >= 15 is 0 Å². The molecule has 0 fully saturated rings. The predicted octanol–water partition coefficient (Wildman–Crippen LogP) is 20.0. The summed E-state index contributed by atoms with van der Waals surface area (Å²) in [4.78, 5) is 8.00. The number of hydrogen-bond donors (Lipinski definition) is 0. The Morgan fingerprint density at radius 3 is 1.47 bits per heavy atom. The lowest BCUT2D eigenvalue weighted by Gasteiger charge is -2.48. The quantitative estimate of drug-likeness (QED) is 0.154. The molecular weight excluding hydrogens is 998 g/mol. The van der Waals surface area contributed by atoms with Crippen LogP contribution in [0.15, 0.2) is 158 Å². The van der Waals surface area contributed by atoms with Gasteiger partial charge in [0.05, 0.1) is 17.1 Å². The molecule has 0 radical (unpaired) electrons. The SMILES string of the molecule is Cc1ccc(N(c2ccc(C)cc2)c2cc3c4c(c2)N(c2ccc(C(C)(C)C)cc2)c2c(sc5ccc(C(C)(C)C)cc25)B4c2cc4c(cc2N3c2cc3c(cc2-c2ccccc2)C(C)(C)CCC3(C)C)C(C)(C)CCC4(C)C)cc1. The highest BCUT2D eigenvalue weighted by atomic mass is 32.1. The van der Waals surface area contributed by atoms with Gasteiger partial charge in [0.15, 0.2) is 0 Å². The average molecular weight is 1080 g/mol. The summed E-state index contributed by atoms with van der Waals surface area (Å²) >= 11 is 2.02. The largest absolute Gasteiger partial charge is 0.311 e. The summed E-state index contributed by atoms with van der Waals surface area (Å²) in [5, 5.41) is 1.32. The van der Waals surface area contributed by atoms with Gasteiger partial charge >= 0.3 is 0 Å². The summed E-state index contributed by atoms with van der Waals surface area (Å²) in [5.41, 5.74) is 27.1. The minimum atomic E-state index is -0.0441. The maximum absolute atomic E-state index is 2.78. The van der Waals surface area contributed by atoms with Crippen LogP contribution in [0.5, 0.6) is 0 Å². The number of hydrogen-bond acceptors (Lipinski definition) is 4. The molecule has 0 bridgehead atoms. The molecule has 4 aliphatic rings. The highest BCUT2D eigenvalue weighted by molar-refractivity contribution is 7.33. The second kappa shape index (κ2) is 18.3. The molecule has 5 heteroatoms. The predicted molar refractivity (Wildman–Crippen MR) is 353 cm³/mol. The van der Waals surface area contributed by atoms with Gasteiger partial charge in [0.2, 0.25) is 0 Å². The Morgan fingerprint density at radius 2 is 0.938 bits per heavy atom. The summed E-state index contributed by atoms with van der Waals surface area (Å²) in [6, 6.07) is 62.5. The van der Waals surface area contributed by atoms with E-state index in [0.29, 0.717) is 0 Å². The minimum absolute atomic E-state index is 0.00299. The molecule has 2 aliphatic carbocycles. The molecule has 81 heavy (non-hydrogen) atoms. The Hall–Kier alpha value is -6.82. The van der Waals surface area contributed by atoms with Gasteiger partial charge in [-0.2, -0.15) is 0 Å². The molecule has 8 aromatic carbocycles. The lowest BCUT2D eigenvalue weighted by atomic mass is 9.35. The molecule has 410 valence electrons. The molecule has 2 aliphatic heterocycles. The van der Waals surface area contributed by atoms with Gasteiger partial charge in [-0.05, 0) is 201 Å². The number of rotatable bonds is 6. The van der Waals surface area contributed by atoms with Crippen molar-refractivity contribution in [3.8, 4) is 11.1 Å². The smallest absolute Gasteiger partial charge is 0.264 e. The van der Waals surface area contributed by atoms with Crippen molar-refractivity contribution >= 4 is 95.0 Å². The fourth-order valence-corrected chi connectivity index (χ4v) is 15.5. The molecule has 13 rings (SSSR count). The van der Waals surface area contributed by atoms with E-state index in [1.165, 1.54) is 116 Å². The normalized spacial score (nSPS) is 17.3. The van der Waals surface area contributed by atoms with Crippen LogP contribution in [0.1, 0.15) is 167 Å². The first kappa shape index (κ1) is 53.5. The Kier molecular flexibility index (Phi) is 12.1. The Bertz CT molecular complexity index is 3930. The molecule has 0 atom stereocenters. The van der Waals surface area contributed by atoms with E-state index in [1.54, 1.807) is 0 Å². The fourth-order valence-electron chi connectivity index (χ4n) is 14.2. The second-order valence-electron chi connectivity index (χ2n) is 29.4. The summed E-state index contributed by atoms with van der Waals surface area (Å²) in [6.45, 7) is 38.4. The Balaban J connectivity index is 1.24. The first-order valence-corrected chi connectivity index (χ1v) is 30.8. The highest BCUT2D eigenvalue weighted by Gasteiger charge is 2.49. The first-order valence-electron chi connectivity index (χ1n) is 30.0. The van der Waals surface area contributed by atoms with Gasteiger partial charge < -0.3 is 14.7 Å². The fraction of sp³-hybridized carbons (Fsp3) is 0.342. The average Bonchev–Trinajstić information content (AvgIpc) is 3.29. The van der Waals surface area contributed by atoms with Crippen molar-refractivity contribution in [1.29, 1.82) is 0 Å². The number of nitrogens with zero attached hydrogens (tertiary/aromatic N) is 3. The minimum Gasteiger partial charge on any atom is -0.311 e. The van der Waals surface area contributed by atoms with Gasteiger partial charge in [0, 0.05) is 54.6 Å². The van der Waals surface area contributed by atoms with Crippen molar-refractivity contribution < 1.29 is 0 Å². The van der Waals surface area contributed by atoms with Gasteiger partial charge in [-0.1, -0.05) is 187 Å². The van der Waals surface area contributed by atoms with Crippen LogP contribution in [0, 0.1) is 13.8 Å². The van der Waals surface area contributed by atoms with Crippen molar-refractivity contribution in [2.75, 3.05) is 14.7 Å². The maximum Gasteiger partial charge on any atom is 0.264 e. The van der Waals surface area contributed by atoms with Crippen LogP contribution in [-0.4, -0.2) is 6.71 Å².